The highest BCUT2D eigenvalue weighted by Gasteiger charge is 2.26. The molecule has 0 unspecified atom stereocenters. The van der Waals surface area contributed by atoms with Crippen LogP contribution in [0.5, 0.6) is 11.5 Å². The average Bonchev–Trinajstić information content (AvgIpc) is 2.78. The van der Waals surface area contributed by atoms with Crippen LogP contribution in [0.4, 0.5) is 0 Å². The molecule has 0 heterocycles. The molecule has 0 saturated heterocycles. The Morgan fingerprint density at radius 1 is 1.00 bits per heavy atom. The fraction of sp³-hybridized carbons (Fsp3) is 0.417. The van der Waals surface area contributed by atoms with E-state index in [4.69, 9.17) is 9.47 Å². The van der Waals surface area contributed by atoms with Crippen LogP contribution < -0.4 is 14.8 Å². The Hall–Kier alpha value is -3.02. The van der Waals surface area contributed by atoms with Gasteiger partial charge in [-0.2, -0.15) is 0 Å². The van der Waals surface area contributed by atoms with Gasteiger partial charge in [0.15, 0.2) is 6.61 Å². The third kappa shape index (κ3) is 7.10. The molecule has 0 aliphatic rings. The first-order chi connectivity index (χ1) is 14.4. The van der Waals surface area contributed by atoms with Crippen LogP contribution in [0.25, 0.3) is 0 Å². The molecule has 2 rings (SSSR count). The predicted octanol–water partition coefficient (Wildman–Crippen LogP) is 3.45. The van der Waals surface area contributed by atoms with Crippen LogP contribution in [0.2, 0.25) is 0 Å². The van der Waals surface area contributed by atoms with Gasteiger partial charge in [0.25, 0.3) is 5.91 Å². The number of carbonyl (C=O) groups is 2. The summed E-state index contributed by atoms with van der Waals surface area (Å²) in [7, 11) is 1.59. The van der Waals surface area contributed by atoms with Gasteiger partial charge in [-0.1, -0.05) is 37.3 Å². The molecule has 2 aromatic carbocycles. The van der Waals surface area contributed by atoms with Crippen molar-refractivity contribution in [3.05, 3.63) is 60.2 Å². The Morgan fingerprint density at radius 3 is 2.23 bits per heavy atom. The monoisotopic (exact) mass is 412 g/mol. The second kappa shape index (κ2) is 11.9. The summed E-state index contributed by atoms with van der Waals surface area (Å²) in [4.78, 5) is 27.2. The van der Waals surface area contributed by atoms with E-state index in [-0.39, 0.29) is 24.5 Å². The fourth-order valence-electron chi connectivity index (χ4n) is 2.94. The molecule has 0 radical (unpaired) electrons. The summed E-state index contributed by atoms with van der Waals surface area (Å²) in [6, 6.07) is 16.4. The van der Waals surface area contributed by atoms with E-state index in [1.165, 1.54) is 0 Å². The third-order valence-electron chi connectivity index (χ3n) is 5.07. The maximum absolute atomic E-state index is 13.0. The van der Waals surface area contributed by atoms with Gasteiger partial charge in [0.1, 0.15) is 17.5 Å². The smallest absolute Gasteiger partial charge is 0.261 e. The number of hydrogen-bond acceptors (Lipinski definition) is 4. The van der Waals surface area contributed by atoms with Gasteiger partial charge in [0, 0.05) is 12.6 Å². The van der Waals surface area contributed by atoms with Gasteiger partial charge < -0.3 is 19.7 Å². The van der Waals surface area contributed by atoms with E-state index < -0.39 is 6.04 Å². The standard InChI is InChI=1S/C24H32N2O4/c1-5-18(2)25-24(28)19(3)26(16-15-20-9-7-6-8-10-20)23(27)17-30-22-13-11-21(29-4)12-14-22/h6-14,18-19H,5,15-17H2,1-4H3,(H,25,28)/t18-,19-/m1/s1. The molecule has 2 amide bonds. The predicted molar refractivity (Wildman–Crippen MR) is 118 cm³/mol. The highest BCUT2D eigenvalue weighted by atomic mass is 16.5. The molecule has 0 saturated carbocycles. The number of hydrogen-bond donors (Lipinski definition) is 1. The molecule has 0 aliphatic heterocycles. The molecular weight excluding hydrogens is 380 g/mol. The first-order valence-electron chi connectivity index (χ1n) is 10.3. The number of rotatable bonds is 11. The molecule has 6 nitrogen and oxygen atoms in total. The number of methoxy groups -OCH3 is 1. The first-order valence-corrected chi connectivity index (χ1v) is 10.3. The lowest BCUT2D eigenvalue weighted by Crippen LogP contribution is -2.51. The van der Waals surface area contributed by atoms with Crippen molar-refractivity contribution < 1.29 is 19.1 Å². The van der Waals surface area contributed by atoms with Crippen LogP contribution in [-0.2, 0) is 16.0 Å². The molecule has 162 valence electrons. The Labute approximate surface area is 179 Å². The molecule has 0 spiro atoms. The highest BCUT2D eigenvalue weighted by molar-refractivity contribution is 5.88. The number of nitrogens with one attached hydrogen (secondary N) is 1. The van der Waals surface area contributed by atoms with Gasteiger partial charge in [-0.15, -0.1) is 0 Å². The molecule has 6 heteroatoms. The molecule has 0 bridgehead atoms. The minimum Gasteiger partial charge on any atom is -0.497 e. The van der Waals surface area contributed by atoms with Crippen LogP contribution in [0, 0.1) is 0 Å². The Bertz CT molecular complexity index is 793. The average molecular weight is 413 g/mol. The lowest BCUT2D eigenvalue weighted by molar-refractivity contribution is -0.141. The molecule has 1 N–H and O–H groups in total. The van der Waals surface area contributed by atoms with Crippen molar-refractivity contribution in [2.75, 3.05) is 20.3 Å². The molecule has 2 atom stereocenters. The van der Waals surface area contributed by atoms with Crippen molar-refractivity contribution in [1.29, 1.82) is 0 Å². The fourth-order valence-corrected chi connectivity index (χ4v) is 2.94. The summed E-state index contributed by atoms with van der Waals surface area (Å²) in [5.41, 5.74) is 1.11. The van der Waals surface area contributed by atoms with Crippen molar-refractivity contribution in [3.8, 4) is 11.5 Å². The van der Waals surface area contributed by atoms with E-state index in [1.807, 2.05) is 44.2 Å². The lowest BCUT2D eigenvalue weighted by Gasteiger charge is -2.29. The Morgan fingerprint density at radius 2 is 1.63 bits per heavy atom. The number of nitrogens with zero attached hydrogens (tertiary/aromatic N) is 1. The van der Waals surface area contributed by atoms with E-state index in [1.54, 1.807) is 43.2 Å². The molecule has 2 aromatic rings. The Kier molecular flexibility index (Phi) is 9.19. The summed E-state index contributed by atoms with van der Waals surface area (Å²) in [6.07, 6.45) is 1.49. The lowest BCUT2D eigenvalue weighted by atomic mass is 10.1. The van der Waals surface area contributed by atoms with Gasteiger partial charge in [0.2, 0.25) is 5.91 Å². The first kappa shape index (κ1) is 23.3. The third-order valence-corrected chi connectivity index (χ3v) is 5.07. The van der Waals surface area contributed by atoms with Crippen molar-refractivity contribution in [3.63, 3.8) is 0 Å². The van der Waals surface area contributed by atoms with Crippen LogP contribution in [0.1, 0.15) is 32.8 Å². The van der Waals surface area contributed by atoms with E-state index in [9.17, 15) is 9.59 Å². The summed E-state index contributed by atoms with van der Waals surface area (Å²) >= 11 is 0. The quantitative estimate of drug-likeness (QED) is 0.614. The van der Waals surface area contributed by atoms with E-state index in [2.05, 4.69) is 5.32 Å². The van der Waals surface area contributed by atoms with Crippen molar-refractivity contribution in [2.45, 2.75) is 45.7 Å². The zero-order valence-electron chi connectivity index (χ0n) is 18.3. The summed E-state index contributed by atoms with van der Waals surface area (Å²) in [5.74, 6) is 0.904. The minimum absolute atomic E-state index is 0.0570. The van der Waals surface area contributed by atoms with Gasteiger partial charge in [0.05, 0.1) is 7.11 Å². The van der Waals surface area contributed by atoms with Crippen molar-refractivity contribution in [2.24, 2.45) is 0 Å². The molecule has 0 aliphatic carbocycles. The molecular formula is C24H32N2O4. The summed E-state index contributed by atoms with van der Waals surface area (Å²) < 4.78 is 10.8. The van der Waals surface area contributed by atoms with E-state index in [0.717, 1.165) is 12.0 Å². The SMILES string of the molecule is CC[C@@H](C)NC(=O)[C@@H](C)N(CCc1ccccc1)C(=O)COc1ccc(OC)cc1. The van der Waals surface area contributed by atoms with Gasteiger partial charge >= 0.3 is 0 Å². The zero-order chi connectivity index (χ0) is 21.9. The second-order valence-corrected chi connectivity index (χ2v) is 7.28. The number of benzene rings is 2. The minimum atomic E-state index is -0.588. The van der Waals surface area contributed by atoms with Crippen LogP contribution >= 0.6 is 0 Å². The van der Waals surface area contributed by atoms with Crippen molar-refractivity contribution in [1.82, 2.24) is 10.2 Å². The topological polar surface area (TPSA) is 67.9 Å². The largest absolute Gasteiger partial charge is 0.497 e. The maximum atomic E-state index is 13.0. The molecule has 30 heavy (non-hydrogen) atoms. The van der Waals surface area contributed by atoms with Crippen LogP contribution in [0.15, 0.2) is 54.6 Å². The van der Waals surface area contributed by atoms with E-state index in [0.29, 0.717) is 24.5 Å². The molecule has 0 aromatic heterocycles. The number of carbonyl (C=O) groups excluding carboxylic acids is 2. The normalized spacial score (nSPS) is 12.5. The zero-order valence-corrected chi connectivity index (χ0v) is 18.3. The van der Waals surface area contributed by atoms with Gasteiger partial charge in [-0.3, -0.25) is 9.59 Å². The molecule has 0 fully saturated rings. The highest BCUT2D eigenvalue weighted by Crippen LogP contribution is 2.17. The second-order valence-electron chi connectivity index (χ2n) is 7.28. The number of ether oxygens (including phenoxy) is 2. The maximum Gasteiger partial charge on any atom is 0.261 e. The summed E-state index contributed by atoms with van der Waals surface area (Å²) in [5, 5.41) is 2.96. The van der Waals surface area contributed by atoms with Crippen molar-refractivity contribution >= 4 is 11.8 Å². The van der Waals surface area contributed by atoms with E-state index >= 15 is 0 Å². The van der Waals surface area contributed by atoms with Crippen LogP contribution in [-0.4, -0.2) is 49.1 Å². The van der Waals surface area contributed by atoms with Crippen LogP contribution in [0.3, 0.4) is 0 Å². The number of amides is 2. The van der Waals surface area contributed by atoms with Gasteiger partial charge in [-0.25, -0.2) is 0 Å². The van der Waals surface area contributed by atoms with Gasteiger partial charge in [-0.05, 0) is 56.5 Å². The summed E-state index contributed by atoms with van der Waals surface area (Å²) in [6.45, 7) is 6.02. The Balaban J connectivity index is 2.05.